The number of amides is 1. The zero-order chi connectivity index (χ0) is 21.5. The Labute approximate surface area is 180 Å². The van der Waals surface area contributed by atoms with Crippen LogP contribution in [0.15, 0.2) is 41.7 Å². The molecule has 2 saturated heterocycles. The van der Waals surface area contributed by atoms with Crippen molar-refractivity contribution in [2.45, 2.75) is 76.6 Å². The first kappa shape index (κ1) is 21.2. The second-order valence-electron chi connectivity index (χ2n) is 9.53. The number of nitrogens with zero attached hydrogens (tertiary/aromatic N) is 2. The smallest absolute Gasteiger partial charge is 0.255 e. The van der Waals surface area contributed by atoms with Crippen LogP contribution in [0.3, 0.4) is 0 Å². The van der Waals surface area contributed by atoms with Gasteiger partial charge in [0.25, 0.3) is 5.91 Å². The second kappa shape index (κ2) is 7.89. The molecule has 0 aromatic heterocycles. The SMILES string of the molecule is CCC1(CC)C[C@H](OC)CN1C(=O)C1=C2N[C@@H](c3ccccc3)CC(C)(C)N2NC1. The fourth-order valence-electron chi connectivity index (χ4n) is 5.53. The zero-order valence-corrected chi connectivity index (χ0v) is 19.0. The number of carbonyl (C=O) groups is 1. The molecule has 2 N–H and O–H groups in total. The van der Waals surface area contributed by atoms with Gasteiger partial charge >= 0.3 is 0 Å². The topological polar surface area (TPSA) is 56.8 Å². The molecule has 6 heteroatoms. The number of methoxy groups -OCH3 is 1. The lowest BCUT2D eigenvalue weighted by Crippen LogP contribution is -2.56. The summed E-state index contributed by atoms with van der Waals surface area (Å²) in [6.07, 6.45) is 3.87. The molecule has 30 heavy (non-hydrogen) atoms. The summed E-state index contributed by atoms with van der Waals surface area (Å²) in [6.45, 7) is 10.1. The van der Waals surface area contributed by atoms with E-state index in [9.17, 15) is 4.79 Å². The Kier molecular flexibility index (Phi) is 5.58. The summed E-state index contributed by atoms with van der Waals surface area (Å²) in [5.41, 5.74) is 5.35. The maximum absolute atomic E-state index is 13.9. The first-order valence-electron chi connectivity index (χ1n) is 11.3. The van der Waals surface area contributed by atoms with Crippen LogP contribution >= 0.6 is 0 Å². The van der Waals surface area contributed by atoms with E-state index in [1.54, 1.807) is 7.11 Å². The summed E-state index contributed by atoms with van der Waals surface area (Å²) in [7, 11) is 1.76. The normalized spacial score (nSPS) is 27.2. The highest BCUT2D eigenvalue weighted by Gasteiger charge is 2.49. The Hall–Kier alpha value is -2.05. The van der Waals surface area contributed by atoms with Crippen molar-refractivity contribution in [1.29, 1.82) is 0 Å². The minimum absolute atomic E-state index is 0.101. The van der Waals surface area contributed by atoms with Gasteiger partial charge in [0.2, 0.25) is 0 Å². The van der Waals surface area contributed by atoms with E-state index >= 15 is 0 Å². The van der Waals surface area contributed by atoms with Crippen molar-refractivity contribution >= 4 is 5.91 Å². The number of likely N-dealkylation sites (tertiary alicyclic amines) is 1. The molecule has 2 atom stereocenters. The monoisotopic (exact) mass is 412 g/mol. The van der Waals surface area contributed by atoms with Crippen molar-refractivity contribution in [3.63, 3.8) is 0 Å². The highest BCUT2D eigenvalue weighted by molar-refractivity contribution is 5.96. The maximum Gasteiger partial charge on any atom is 0.255 e. The van der Waals surface area contributed by atoms with E-state index in [1.165, 1.54) is 5.56 Å². The lowest BCUT2D eigenvalue weighted by Gasteiger charge is -2.47. The molecule has 164 valence electrons. The van der Waals surface area contributed by atoms with E-state index in [2.05, 4.69) is 72.6 Å². The number of hydrogen-bond acceptors (Lipinski definition) is 5. The molecular formula is C24H36N4O2. The largest absolute Gasteiger partial charge is 0.380 e. The zero-order valence-electron chi connectivity index (χ0n) is 19.0. The van der Waals surface area contributed by atoms with Gasteiger partial charge in [0, 0.05) is 25.7 Å². The van der Waals surface area contributed by atoms with Crippen molar-refractivity contribution in [1.82, 2.24) is 20.7 Å². The predicted octanol–water partition coefficient (Wildman–Crippen LogP) is 3.34. The molecule has 0 bridgehead atoms. The molecule has 0 aliphatic carbocycles. The van der Waals surface area contributed by atoms with Gasteiger partial charge in [-0.2, -0.15) is 0 Å². The molecule has 3 aliphatic heterocycles. The van der Waals surface area contributed by atoms with Gasteiger partial charge in [-0.1, -0.05) is 44.2 Å². The van der Waals surface area contributed by atoms with Gasteiger partial charge in [-0.25, -0.2) is 5.43 Å². The van der Waals surface area contributed by atoms with Crippen LogP contribution in [-0.2, 0) is 9.53 Å². The molecular weight excluding hydrogens is 376 g/mol. The molecule has 0 unspecified atom stereocenters. The number of fused-ring (bicyclic) bond motifs is 1. The van der Waals surface area contributed by atoms with Crippen molar-refractivity contribution in [2.24, 2.45) is 0 Å². The van der Waals surface area contributed by atoms with E-state index in [1.807, 2.05) is 6.07 Å². The number of ether oxygens (including phenoxy) is 1. The summed E-state index contributed by atoms with van der Waals surface area (Å²) >= 11 is 0. The quantitative estimate of drug-likeness (QED) is 0.777. The molecule has 0 spiro atoms. The fourth-order valence-corrected chi connectivity index (χ4v) is 5.53. The van der Waals surface area contributed by atoms with Crippen molar-refractivity contribution < 1.29 is 9.53 Å². The van der Waals surface area contributed by atoms with Crippen molar-refractivity contribution in [3.05, 3.63) is 47.3 Å². The van der Waals surface area contributed by atoms with Gasteiger partial charge in [0.1, 0.15) is 5.82 Å². The molecule has 1 aromatic rings. The van der Waals surface area contributed by atoms with Crippen molar-refractivity contribution in [3.8, 4) is 0 Å². The van der Waals surface area contributed by atoms with Gasteiger partial charge in [0.05, 0.1) is 23.3 Å². The molecule has 0 saturated carbocycles. The summed E-state index contributed by atoms with van der Waals surface area (Å²) in [5, 5.41) is 5.86. The molecule has 0 radical (unpaired) electrons. The van der Waals surface area contributed by atoms with E-state index in [0.717, 1.165) is 37.1 Å². The predicted molar refractivity (Wildman–Crippen MR) is 118 cm³/mol. The van der Waals surface area contributed by atoms with Crippen LogP contribution in [0.2, 0.25) is 0 Å². The number of hydrazine groups is 1. The van der Waals surface area contributed by atoms with E-state index in [4.69, 9.17) is 4.74 Å². The maximum atomic E-state index is 13.9. The van der Waals surface area contributed by atoms with Gasteiger partial charge in [-0.05, 0) is 45.1 Å². The Morgan fingerprint density at radius 1 is 1.17 bits per heavy atom. The van der Waals surface area contributed by atoms with Crippen LogP contribution in [0.25, 0.3) is 0 Å². The van der Waals surface area contributed by atoms with Crippen LogP contribution < -0.4 is 10.7 Å². The first-order valence-corrected chi connectivity index (χ1v) is 11.3. The first-order chi connectivity index (χ1) is 14.3. The molecule has 1 amide bonds. The van der Waals surface area contributed by atoms with Crippen LogP contribution in [-0.4, -0.2) is 53.2 Å². The minimum atomic E-state index is -0.123. The Bertz CT molecular complexity index is 816. The highest BCUT2D eigenvalue weighted by Crippen LogP contribution is 2.41. The number of rotatable bonds is 5. The summed E-state index contributed by atoms with van der Waals surface area (Å²) in [5.74, 6) is 1.08. The van der Waals surface area contributed by atoms with Gasteiger partial charge in [-0.3, -0.25) is 9.80 Å². The van der Waals surface area contributed by atoms with E-state index < -0.39 is 0 Å². The summed E-state index contributed by atoms with van der Waals surface area (Å²) in [6, 6.07) is 10.7. The van der Waals surface area contributed by atoms with E-state index in [0.29, 0.717) is 13.1 Å². The Morgan fingerprint density at radius 2 is 1.87 bits per heavy atom. The molecule has 2 fully saturated rings. The molecule has 6 nitrogen and oxygen atoms in total. The highest BCUT2D eigenvalue weighted by atomic mass is 16.5. The third-order valence-electron chi connectivity index (χ3n) is 7.46. The fraction of sp³-hybridized carbons (Fsp3) is 0.625. The molecule has 4 rings (SSSR count). The van der Waals surface area contributed by atoms with E-state index in [-0.39, 0.29) is 29.1 Å². The lowest BCUT2D eigenvalue weighted by molar-refractivity contribution is -0.131. The number of benzene rings is 1. The average molecular weight is 413 g/mol. The molecule has 3 aliphatic rings. The van der Waals surface area contributed by atoms with Gasteiger partial charge in [-0.15, -0.1) is 0 Å². The average Bonchev–Trinajstić information content (AvgIpc) is 3.36. The molecule has 3 heterocycles. The number of hydrogen-bond donors (Lipinski definition) is 2. The standard InChI is InChI=1S/C24H36N4O2/c1-6-24(7-2)13-18(30-5)16-27(24)22(29)19-15-25-28-21(19)26-20(14-23(28,3)4)17-11-9-8-10-12-17/h8-12,18,20,25-26H,6-7,13-16H2,1-5H3/t18-,20+/m0/s1. The third-order valence-corrected chi connectivity index (χ3v) is 7.46. The van der Waals surface area contributed by atoms with Crippen LogP contribution in [0.1, 0.15) is 65.0 Å². The summed E-state index contributed by atoms with van der Waals surface area (Å²) < 4.78 is 5.68. The Morgan fingerprint density at radius 3 is 2.50 bits per heavy atom. The third kappa shape index (κ3) is 3.40. The Balaban J connectivity index is 1.68. The van der Waals surface area contributed by atoms with Crippen molar-refractivity contribution in [2.75, 3.05) is 20.2 Å². The number of carbonyl (C=O) groups excluding carboxylic acids is 1. The van der Waals surface area contributed by atoms with Gasteiger partial charge in [0.15, 0.2) is 0 Å². The lowest BCUT2D eigenvalue weighted by atomic mass is 9.87. The van der Waals surface area contributed by atoms with Crippen LogP contribution in [0.5, 0.6) is 0 Å². The second-order valence-corrected chi connectivity index (χ2v) is 9.53. The summed E-state index contributed by atoms with van der Waals surface area (Å²) in [4.78, 5) is 16.0. The number of nitrogens with one attached hydrogen (secondary N) is 2. The van der Waals surface area contributed by atoms with Gasteiger partial charge < -0.3 is 15.0 Å². The van der Waals surface area contributed by atoms with Crippen LogP contribution in [0.4, 0.5) is 0 Å². The minimum Gasteiger partial charge on any atom is -0.380 e. The molecule has 1 aromatic carbocycles. The van der Waals surface area contributed by atoms with Crippen LogP contribution in [0, 0.1) is 0 Å².